The number of hydrogen-bond donors (Lipinski definition) is 0. The van der Waals surface area contributed by atoms with Gasteiger partial charge in [-0.25, -0.2) is 0 Å². The van der Waals surface area contributed by atoms with Crippen LogP contribution in [0, 0.1) is 0 Å². The second kappa shape index (κ2) is 7.19. The van der Waals surface area contributed by atoms with E-state index in [1.54, 1.807) is 0 Å². The summed E-state index contributed by atoms with van der Waals surface area (Å²) in [6, 6.07) is 10.2. The normalized spacial score (nSPS) is 26.3. The molecular formula is C18H25NO2. The molecule has 3 rings (SSSR count). The zero-order valence-electron chi connectivity index (χ0n) is 12.7. The number of hydrogen-bond acceptors (Lipinski definition) is 3. The van der Waals surface area contributed by atoms with E-state index in [-0.39, 0.29) is 5.78 Å². The molecule has 0 N–H and O–H groups in total. The first-order valence-electron chi connectivity index (χ1n) is 8.28. The van der Waals surface area contributed by atoms with E-state index < -0.39 is 0 Å². The number of nitrogens with zero attached hydrogens (tertiary/aromatic N) is 1. The van der Waals surface area contributed by atoms with Gasteiger partial charge in [0, 0.05) is 24.6 Å². The lowest BCUT2D eigenvalue weighted by molar-refractivity contribution is -0.0880. The lowest BCUT2D eigenvalue weighted by Gasteiger charge is -2.43. The summed E-state index contributed by atoms with van der Waals surface area (Å²) in [7, 11) is 0. The first-order valence-corrected chi connectivity index (χ1v) is 8.28. The molecule has 0 radical (unpaired) electrons. The van der Waals surface area contributed by atoms with Crippen LogP contribution in [0.15, 0.2) is 30.3 Å². The molecule has 1 heterocycles. The van der Waals surface area contributed by atoms with Gasteiger partial charge in [0.05, 0.1) is 12.7 Å². The molecule has 2 fully saturated rings. The minimum absolute atomic E-state index is 0.268. The molecule has 1 saturated carbocycles. The molecule has 1 aromatic rings. The Hall–Kier alpha value is -1.19. The summed E-state index contributed by atoms with van der Waals surface area (Å²) in [5, 5.41) is 0. The SMILES string of the molecule is O=C(CCCN1CCOC2CCCCC21)c1ccccc1. The highest BCUT2D eigenvalue weighted by Crippen LogP contribution is 2.28. The Morgan fingerprint density at radius 3 is 2.86 bits per heavy atom. The largest absolute Gasteiger partial charge is 0.375 e. The van der Waals surface area contributed by atoms with Crippen LogP contribution in [-0.2, 0) is 4.74 Å². The van der Waals surface area contributed by atoms with Crippen LogP contribution < -0.4 is 0 Å². The highest BCUT2D eigenvalue weighted by atomic mass is 16.5. The molecule has 1 aromatic carbocycles. The second-order valence-electron chi connectivity index (χ2n) is 6.19. The summed E-state index contributed by atoms with van der Waals surface area (Å²) in [4.78, 5) is 14.7. The average Bonchev–Trinajstić information content (AvgIpc) is 2.56. The summed E-state index contributed by atoms with van der Waals surface area (Å²) >= 11 is 0. The maximum atomic E-state index is 12.1. The molecule has 1 aliphatic heterocycles. The molecule has 0 spiro atoms. The number of Topliss-reactive ketones (excluding diaryl/α,β-unsaturated/α-hetero) is 1. The summed E-state index contributed by atoms with van der Waals surface area (Å²) in [5.74, 6) is 0.268. The third-order valence-corrected chi connectivity index (χ3v) is 4.79. The third kappa shape index (κ3) is 3.72. The fourth-order valence-electron chi connectivity index (χ4n) is 3.67. The Kier molecular flexibility index (Phi) is 5.04. The molecule has 2 unspecified atom stereocenters. The topological polar surface area (TPSA) is 29.5 Å². The molecule has 2 atom stereocenters. The lowest BCUT2D eigenvalue weighted by atomic mass is 9.90. The molecule has 1 saturated heterocycles. The maximum absolute atomic E-state index is 12.1. The first-order chi connectivity index (χ1) is 10.3. The second-order valence-corrected chi connectivity index (χ2v) is 6.19. The monoisotopic (exact) mass is 287 g/mol. The number of ketones is 1. The van der Waals surface area contributed by atoms with Crippen molar-refractivity contribution in [3.8, 4) is 0 Å². The van der Waals surface area contributed by atoms with Crippen molar-refractivity contribution in [1.82, 2.24) is 4.90 Å². The number of ether oxygens (including phenoxy) is 1. The predicted octanol–water partition coefficient (Wildman–Crippen LogP) is 3.29. The molecule has 0 aromatic heterocycles. The minimum atomic E-state index is 0.268. The smallest absolute Gasteiger partial charge is 0.162 e. The van der Waals surface area contributed by atoms with Gasteiger partial charge in [-0.15, -0.1) is 0 Å². The number of carbonyl (C=O) groups is 1. The van der Waals surface area contributed by atoms with Crippen LogP contribution in [0.3, 0.4) is 0 Å². The zero-order chi connectivity index (χ0) is 14.5. The van der Waals surface area contributed by atoms with Gasteiger partial charge in [0.15, 0.2) is 5.78 Å². The highest BCUT2D eigenvalue weighted by Gasteiger charge is 2.33. The molecule has 1 aliphatic carbocycles. The Bertz CT molecular complexity index is 458. The van der Waals surface area contributed by atoms with Crippen LogP contribution in [0.4, 0.5) is 0 Å². The Morgan fingerprint density at radius 1 is 1.19 bits per heavy atom. The molecule has 21 heavy (non-hydrogen) atoms. The lowest BCUT2D eigenvalue weighted by Crippen LogP contribution is -2.52. The van der Waals surface area contributed by atoms with E-state index in [1.165, 1.54) is 25.7 Å². The van der Waals surface area contributed by atoms with E-state index >= 15 is 0 Å². The Morgan fingerprint density at radius 2 is 2.00 bits per heavy atom. The highest BCUT2D eigenvalue weighted by molar-refractivity contribution is 5.95. The minimum Gasteiger partial charge on any atom is -0.375 e. The number of morpholine rings is 1. The van der Waals surface area contributed by atoms with Gasteiger partial charge in [-0.2, -0.15) is 0 Å². The van der Waals surface area contributed by atoms with E-state index in [4.69, 9.17) is 4.74 Å². The van der Waals surface area contributed by atoms with Crippen molar-refractivity contribution in [2.24, 2.45) is 0 Å². The summed E-state index contributed by atoms with van der Waals surface area (Å²) in [6.07, 6.45) is 7.15. The van der Waals surface area contributed by atoms with Gasteiger partial charge in [-0.3, -0.25) is 9.69 Å². The fourth-order valence-corrected chi connectivity index (χ4v) is 3.67. The van der Waals surface area contributed by atoms with E-state index in [9.17, 15) is 4.79 Å². The van der Waals surface area contributed by atoms with Gasteiger partial charge in [0.1, 0.15) is 0 Å². The summed E-state index contributed by atoms with van der Waals surface area (Å²) < 4.78 is 5.90. The predicted molar refractivity (Wildman–Crippen MR) is 83.6 cm³/mol. The van der Waals surface area contributed by atoms with Crippen LogP contribution in [0.5, 0.6) is 0 Å². The molecule has 114 valence electrons. The number of fused-ring (bicyclic) bond motifs is 1. The van der Waals surface area contributed by atoms with E-state index in [0.717, 1.165) is 31.7 Å². The summed E-state index contributed by atoms with van der Waals surface area (Å²) in [5.41, 5.74) is 0.843. The quantitative estimate of drug-likeness (QED) is 0.778. The Balaban J connectivity index is 1.47. The van der Waals surface area contributed by atoms with Crippen molar-refractivity contribution < 1.29 is 9.53 Å². The van der Waals surface area contributed by atoms with Crippen LogP contribution in [0.1, 0.15) is 48.9 Å². The molecular weight excluding hydrogens is 262 g/mol. The zero-order valence-corrected chi connectivity index (χ0v) is 12.7. The first kappa shape index (κ1) is 14.7. The van der Waals surface area contributed by atoms with Gasteiger partial charge in [0.25, 0.3) is 0 Å². The van der Waals surface area contributed by atoms with Gasteiger partial charge < -0.3 is 4.74 Å². The van der Waals surface area contributed by atoms with Crippen LogP contribution >= 0.6 is 0 Å². The molecule has 0 bridgehead atoms. The molecule has 3 nitrogen and oxygen atoms in total. The van der Waals surface area contributed by atoms with Crippen molar-refractivity contribution in [1.29, 1.82) is 0 Å². The van der Waals surface area contributed by atoms with Crippen LogP contribution in [-0.4, -0.2) is 42.5 Å². The van der Waals surface area contributed by atoms with Crippen molar-refractivity contribution in [2.45, 2.75) is 50.7 Å². The van der Waals surface area contributed by atoms with E-state index in [0.29, 0.717) is 18.6 Å². The molecule has 2 aliphatic rings. The van der Waals surface area contributed by atoms with Crippen molar-refractivity contribution in [3.63, 3.8) is 0 Å². The maximum Gasteiger partial charge on any atom is 0.162 e. The number of benzene rings is 1. The molecule has 0 amide bonds. The van der Waals surface area contributed by atoms with Crippen molar-refractivity contribution >= 4 is 5.78 Å². The van der Waals surface area contributed by atoms with E-state index in [1.807, 2.05) is 30.3 Å². The fraction of sp³-hybridized carbons (Fsp3) is 0.611. The van der Waals surface area contributed by atoms with Crippen LogP contribution in [0.25, 0.3) is 0 Å². The summed E-state index contributed by atoms with van der Waals surface area (Å²) in [6.45, 7) is 2.91. The third-order valence-electron chi connectivity index (χ3n) is 4.79. The van der Waals surface area contributed by atoms with Gasteiger partial charge in [-0.05, 0) is 25.8 Å². The average molecular weight is 287 g/mol. The van der Waals surface area contributed by atoms with Gasteiger partial charge in [0.2, 0.25) is 0 Å². The standard InChI is InChI=1S/C18H25NO2/c20-17(15-7-2-1-3-8-15)10-6-12-19-13-14-21-18-11-5-4-9-16(18)19/h1-3,7-8,16,18H,4-6,9-14H2. The molecule has 3 heteroatoms. The number of carbonyl (C=O) groups excluding carboxylic acids is 1. The van der Waals surface area contributed by atoms with E-state index in [2.05, 4.69) is 4.90 Å². The van der Waals surface area contributed by atoms with Crippen molar-refractivity contribution in [3.05, 3.63) is 35.9 Å². The number of rotatable bonds is 5. The Labute approximate surface area is 127 Å². The van der Waals surface area contributed by atoms with Gasteiger partial charge in [-0.1, -0.05) is 43.2 Å². The van der Waals surface area contributed by atoms with Crippen molar-refractivity contribution in [2.75, 3.05) is 19.7 Å². The van der Waals surface area contributed by atoms with Crippen LogP contribution in [0.2, 0.25) is 0 Å². The van der Waals surface area contributed by atoms with Gasteiger partial charge >= 0.3 is 0 Å².